The summed E-state index contributed by atoms with van der Waals surface area (Å²) >= 11 is 5.76. The van der Waals surface area contributed by atoms with Crippen LogP contribution in [0.15, 0.2) is 22.6 Å². The molecule has 1 N–H and O–H groups in total. The van der Waals surface area contributed by atoms with Crippen LogP contribution in [0.25, 0.3) is 11.5 Å². The summed E-state index contributed by atoms with van der Waals surface area (Å²) in [5, 5.41) is 9.25. The monoisotopic (exact) mass is 269 g/mol. The van der Waals surface area contributed by atoms with E-state index in [9.17, 15) is 9.18 Å². The van der Waals surface area contributed by atoms with Crippen molar-refractivity contribution in [3.05, 3.63) is 40.5 Å². The number of carboxylic acids is 1. The molecule has 0 radical (unpaired) electrons. The molecule has 0 aliphatic rings. The van der Waals surface area contributed by atoms with Crippen LogP contribution in [0, 0.1) is 5.82 Å². The Labute approximate surface area is 107 Å². The maximum atomic E-state index is 13.6. The first-order valence-electron chi connectivity index (χ1n) is 5.21. The number of hydrogen-bond donors (Lipinski definition) is 1. The lowest BCUT2D eigenvalue weighted by Crippen LogP contribution is -1.98. The second-order valence-electron chi connectivity index (χ2n) is 3.58. The van der Waals surface area contributed by atoms with Gasteiger partial charge < -0.3 is 9.52 Å². The first kappa shape index (κ1) is 12.6. The van der Waals surface area contributed by atoms with Crippen molar-refractivity contribution in [2.24, 2.45) is 0 Å². The fraction of sp³-hybridized carbons (Fsp3) is 0.167. The molecule has 6 heteroatoms. The van der Waals surface area contributed by atoms with Crippen LogP contribution in [0.4, 0.5) is 4.39 Å². The van der Waals surface area contributed by atoms with E-state index < -0.39 is 11.8 Å². The second kappa shape index (κ2) is 4.78. The van der Waals surface area contributed by atoms with E-state index in [2.05, 4.69) is 4.98 Å². The summed E-state index contributed by atoms with van der Waals surface area (Å²) in [5.41, 5.74) is 0.321. The van der Waals surface area contributed by atoms with Crippen LogP contribution in [0.5, 0.6) is 0 Å². The largest absolute Gasteiger partial charge is 0.475 e. The highest BCUT2D eigenvalue weighted by Gasteiger charge is 2.20. The van der Waals surface area contributed by atoms with Crippen LogP contribution in [-0.2, 0) is 6.42 Å². The molecule has 94 valence electrons. The number of benzene rings is 1. The predicted molar refractivity (Wildman–Crippen MR) is 63.2 cm³/mol. The third-order valence-corrected chi connectivity index (χ3v) is 2.62. The van der Waals surface area contributed by atoms with Gasteiger partial charge in [-0.15, -0.1) is 0 Å². The first-order valence-corrected chi connectivity index (χ1v) is 5.59. The standard InChI is InChI=1S/C12H9ClFNO3/c1-2-9-10(12(16)17)18-11(15-9)7-5-6(13)3-4-8(7)14/h3-5H,2H2,1H3,(H,16,17). The van der Waals surface area contributed by atoms with Crippen molar-refractivity contribution in [3.8, 4) is 11.5 Å². The van der Waals surface area contributed by atoms with E-state index in [0.29, 0.717) is 11.4 Å². The molecule has 0 bridgehead atoms. The highest BCUT2D eigenvalue weighted by Crippen LogP contribution is 2.27. The van der Waals surface area contributed by atoms with Gasteiger partial charge in [0.2, 0.25) is 11.7 Å². The molecule has 4 nitrogen and oxygen atoms in total. The van der Waals surface area contributed by atoms with Crippen molar-refractivity contribution >= 4 is 17.6 Å². The van der Waals surface area contributed by atoms with Crippen LogP contribution >= 0.6 is 11.6 Å². The van der Waals surface area contributed by atoms with E-state index in [1.807, 2.05) is 0 Å². The smallest absolute Gasteiger partial charge is 0.373 e. The molecule has 0 spiro atoms. The molecule has 0 aliphatic heterocycles. The predicted octanol–water partition coefficient (Wildman–Crippen LogP) is 3.39. The van der Waals surface area contributed by atoms with Gasteiger partial charge in [0.1, 0.15) is 5.82 Å². The number of oxazole rings is 1. The van der Waals surface area contributed by atoms with Crippen molar-refractivity contribution in [2.45, 2.75) is 13.3 Å². The summed E-state index contributed by atoms with van der Waals surface area (Å²) in [5.74, 6) is -2.15. The maximum absolute atomic E-state index is 13.6. The molecule has 0 amide bonds. The van der Waals surface area contributed by atoms with E-state index in [1.54, 1.807) is 6.92 Å². The number of aromatic nitrogens is 1. The first-order chi connectivity index (χ1) is 8.52. The average Bonchev–Trinajstić information content (AvgIpc) is 2.76. The molecular weight excluding hydrogens is 261 g/mol. The zero-order valence-corrected chi connectivity index (χ0v) is 10.2. The Morgan fingerprint density at radius 2 is 2.28 bits per heavy atom. The lowest BCUT2D eigenvalue weighted by molar-refractivity contribution is 0.0661. The lowest BCUT2D eigenvalue weighted by atomic mass is 10.2. The number of carboxylic acid groups (broad SMARTS) is 1. The van der Waals surface area contributed by atoms with Crippen LogP contribution < -0.4 is 0 Å². The molecule has 0 aliphatic carbocycles. The van der Waals surface area contributed by atoms with Gasteiger partial charge in [-0.1, -0.05) is 18.5 Å². The molecule has 2 aromatic rings. The number of halogens is 2. The summed E-state index contributed by atoms with van der Waals surface area (Å²) in [6.45, 7) is 1.74. The third-order valence-electron chi connectivity index (χ3n) is 2.39. The highest BCUT2D eigenvalue weighted by atomic mass is 35.5. The van der Waals surface area contributed by atoms with Gasteiger partial charge in [-0.3, -0.25) is 0 Å². The Kier molecular flexibility index (Phi) is 3.34. The zero-order valence-electron chi connectivity index (χ0n) is 9.41. The van der Waals surface area contributed by atoms with Gasteiger partial charge in [0, 0.05) is 5.02 Å². The number of rotatable bonds is 3. The molecule has 0 saturated carbocycles. The molecule has 0 fully saturated rings. The zero-order chi connectivity index (χ0) is 13.3. The molecule has 0 unspecified atom stereocenters. The molecular formula is C12H9ClFNO3. The van der Waals surface area contributed by atoms with Gasteiger partial charge in [-0.05, 0) is 24.6 Å². The Balaban J connectivity index is 2.57. The normalized spacial score (nSPS) is 10.6. The van der Waals surface area contributed by atoms with E-state index in [0.717, 1.165) is 0 Å². The third kappa shape index (κ3) is 2.22. The molecule has 2 rings (SSSR count). The molecule has 1 aromatic carbocycles. The Hall–Kier alpha value is -1.88. The SMILES string of the molecule is CCc1nc(-c2cc(Cl)ccc2F)oc1C(=O)O. The molecule has 0 atom stereocenters. The van der Waals surface area contributed by atoms with Crippen LogP contribution in [0.1, 0.15) is 23.2 Å². The summed E-state index contributed by atoms with van der Waals surface area (Å²) in [6.07, 6.45) is 0.382. The number of hydrogen-bond acceptors (Lipinski definition) is 3. The van der Waals surface area contributed by atoms with Crippen molar-refractivity contribution in [1.29, 1.82) is 0 Å². The fourth-order valence-electron chi connectivity index (χ4n) is 1.54. The van der Waals surface area contributed by atoms with Gasteiger partial charge in [-0.2, -0.15) is 0 Å². The van der Waals surface area contributed by atoms with Crippen LogP contribution in [0.3, 0.4) is 0 Å². The number of aryl methyl sites for hydroxylation is 1. The molecule has 18 heavy (non-hydrogen) atoms. The summed E-state index contributed by atoms with van der Waals surface area (Å²) in [6, 6.07) is 3.91. The summed E-state index contributed by atoms with van der Waals surface area (Å²) in [4.78, 5) is 14.9. The highest BCUT2D eigenvalue weighted by molar-refractivity contribution is 6.30. The Bertz CT molecular complexity index is 609. The minimum atomic E-state index is -1.23. The van der Waals surface area contributed by atoms with Gasteiger partial charge >= 0.3 is 5.97 Å². The molecule has 1 heterocycles. The second-order valence-corrected chi connectivity index (χ2v) is 4.01. The van der Waals surface area contributed by atoms with Crippen molar-refractivity contribution in [3.63, 3.8) is 0 Å². The van der Waals surface area contributed by atoms with Crippen LogP contribution in [-0.4, -0.2) is 16.1 Å². The van der Waals surface area contributed by atoms with Gasteiger partial charge in [0.25, 0.3) is 0 Å². The van der Waals surface area contributed by atoms with E-state index in [4.69, 9.17) is 21.1 Å². The summed E-state index contributed by atoms with van der Waals surface area (Å²) in [7, 11) is 0. The Morgan fingerprint density at radius 1 is 1.56 bits per heavy atom. The van der Waals surface area contributed by atoms with E-state index >= 15 is 0 Å². The fourth-order valence-corrected chi connectivity index (χ4v) is 1.71. The van der Waals surface area contributed by atoms with Crippen LogP contribution in [0.2, 0.25) is 5.02 Å². The van der Waals surface area contributed by atoms with E-state index in [-0.39, 0.29) is 22.9 Å². The Morgan fingerprint density at radius 3 is 2.83 bits per heavy atom. The topological polar surface area (TPSA) is 63.3 Å². The van der Waals surface area contributed by atoms with Gasteiger partial charge in [0.05, 0.1) is 11.3 Å². The number of carbonyl (C=O) groups is 1. The van der Waals surface area contributed by atoms with E-state index in [1.165, 1.54) is 18.2 Å². The van der Waals surface area contributed by atoms with Crippen molar-refractivity contribution in [1.82, 2.24) is 4.98 Å². The quantitative estimate of drug-likeness (QED) is 0.927. The number of aromatic carboxylic acids is 1. The van der Waals surface area contributed by atoms with Crippen molar-refractivity contribution < 1.29 is 18.7 Å². The minimum Gasteiger partial charge on any atom is -0.475 e. The van der Waals surface area contributed by atoms with Crippen molar-refractivity contribution in [2.75, 3.05) is 0 Å². The maximum Gasteiger partial charge on any atom is 0.373 e. The van der Waals surface area contributed by atoms with Gasteiger partial charge in [-0.25, -0.2) is 14.2 Å². The molecule has 0 saturated heterocycles. The minimum absolute atomic E-state index is 0.0460. The molecule has 1 aromatic heterocycles. The average molecular weight is 270 g/mol. The number of nitrogens with zero attached hydrogens (tertiary/aromatic N) is 1. The summed E-state index contributed by atoms with van der Waals surface area (Å²) < 4.78 is 18.7. The van der Waals surface area contributed by atoms with Gasteiger partial charge in [0.15, 0.2) is 0 Å². The lowest BCUT2D eigenvalue weighted by Gasteiger charge is -1.98.